The van der Waals surface area contributed by atoms with Gasteiger partial charge >= 0.3 is 0 Å². The van der Waals surface area contributed by atoms with Gasteiger partial charge in [0, 0.05) is 24.5 Å². The molecule has 0 bridgehead atoms. The van der Waals surface area contributed by atoms with Gasteiger partial charge in [-0.1, -0.05) is 24.3 Å². The van der Waals surface area contributed by atoms with Crippen molar-refractivity contribution < 1.29 is 14.6 Å². The van der Waals surface area contributed by atoms with Crippen molar-refractivity contribution in [3.05, 3.63) is 65.9 Å². The van der Waals surface area contributed by atoms with E-state index in [4.69, 9.17) is 4.74 Å². The molecule has 0 spiro atoms. The van der Waals surface area contributed by atoms with Gasteiger partial charge in [-0.15, -0.1) is 0 Å². The van der Waals surface area contributed by atoms with Crippen LogP contribution in [0.5, 0.6) is 5.75 Å². The maximum Gasteiger partial charge on any atom is 0.259 e. The summed E-state index contributed by atoms with van der Waals surface area (Å²) in [7, 11) is 3.35. The fraction of sp³-hybridized carbons (Fsp3) is 0.158. The topological polar surface area (TPSA) is 76.4 Å². The van der Waals surface area contributed by atoms with Crippen LogP contribution in [0, 0.1) is 0 Å². The molecule has 6 nitrogen and oxygen atoms in total. The normalized spacial score (nSPS) is 10.5. The van der Waals surface area contributed by atoms with Gasteiger partial charge in [0.1, 0.15) is 11.4 Å². The van der Waals surface area contributed by atoms with Crippen LogP contribution in [-0.2, 0) is 13.7 Å². The number of aliphatic hydroxyl groups excluding tert-OH is 1. The SMILES string of the molecule is COc1ccccc1-c1nn(C)cc1C(=O)Nc1cccc(CO)c1. The minimum Gasteiger partial charge on any atom is -0.496 e. The number of carbonyl (C=O) groups excluding carboxylic acids is 1. The lowest BCUT2D eigenvalue weighted by Gasteiger charge is -2.09. The number of para-hydroxylation sites is 1. The summed E-state index contributed by atoms with van der Waals surface area (Å²) in [5, 5.41) is 16.5. The molecule has 0 saturated carbocycles. The third kappa shape index (κ3) is 3.54. The molecule has 0 aliphatic rings. The number of aromatic nitrogens is 2. The number of amides is 1. The lowest BCUT2D eigenvalue weighted by molar-refractivity contribution is 0.102. The van der Waals surface area contributed by atoms with Crippen molar-refractivity contribution in [1.82, 2.24) is 9.78 Å². The van der Waals surface area contributed by atoms with Gasteiger partial charge in [0.05, 0.1) is 19.3 Å². The molecule has 6 heteroatoms. The van der Waals surface area contributed by atoms with Gasteiger partial charge in [0.15, 0.2) is 0 Å². The Kier molecular flexibility index (Phi) is 4.81. The standard InChI is InChI=1S/C19H19N3O3/c1-22-11-16(18(21-22)15-8-3-4-9-17(15)25-2)19(24)20-14-7-5-6-13(10-14)12-23/h3-11,23H,12H2,1-2H3,(H,20,24). The molecule has 3 aromatic rings. The van der Waals surface area contributed by atoms with Crippen molar-refractivity contribution in [2.24, 2.45) is 7.05 Å². The Morgan fingerprint density at radius 1 is 1.24 bits per heavy atom. The number of benzene rings is 2. The Bertz CT molecular complexity index is 902. The number of methoxy groups -OCH3 is 1. The number of aliphatic hydroxyl groups is 1. The molecule has 0 aliphatic carbocycles. The van der Waals surface area contributed by atoms with E-state index in [-0.39, 0.29) is 12.5 Å². The van der Waals surface area contributed by atoms with Crippen molar-refractivity contribution in [3.63, 3.8) is 0 Å². The summed E-state index contributed by atoms with van der Waals surface area (Å²) in [4.78, 5) is 12.8. The summed E-state index contributed by atoms with van der Waals surface area (Å²) in [6.45, 7) is -0.0803. The summed E-state index contributed by atoms with van der Waals surface area (Å²) in [6.07, 6.45) is 1.67. The van der Waals surface area contributed by atoms with Crippen LogP contribution >= 0.6 is 0 Å². The average molecular weight is 337 g/mol. The first-order valence-corrected chi connectivity index (χ1v) is 7.80. The fourth-order valence-corrected chi connectivity index (χ4v) is 2.64. The van der Waals surface area contributed by atoms with Crippen LogP contribution in [0.1, 0.15) is 15.9 Å². The van der Waals surface area contributed by atoms with Crippen LogP contribution in [0.3, 0.4) is 0 Å². The van der Waals surface area contributed by atoms with Crippen molar-refractivity contribution in [2.75, 3.05) is 12.4 Å². The van der Waals surface area contributed by atoms with E-state index in [0.717, 1.165) is 11.1 Å². The number of rotatable bonds is 5. The first-order valence-electron chi connectivity index (χ1n) is 7.80. The molecule has 1 aromatic heterocycles. The molecule has 0 saturated heterocycles. The highest BCUT2D eigenvalue weighted by atomic mass is 16.5. The molecule has 2 N–H and O–H groups in total. The Labute approximate surface area is 145 Å². The van der Waals surface area contributed by atoms with Gasteiger partial charge in [0.25, 0.3) is 5.91 Å². The lowest BCUT2D eigenvalue weighted by atomic mass is 10.1. The van der Waals surface area contributed by atoms with E-state index < -0.39 is 0 Å². The highest BCUT2D eigenvalue weighted by Crippen LogP contribution is 2.31. The molecular weight excluding hydrogens is 318 g/mol. The monoisotopic (exact) mass is 337 g/mol. The molecule has 1 amide bonds. The minimum atomic E-state index is -0.274. The van der Waals surface area contributed by atoms with Crippen molar-refractivity contribution in [3.8, 4) is 17.0 Å². The molecule has 0 fully saturated rings. The van der Waals surface area contributed by atoms with Crippen molar-refractivity contribution in [2.45, 2.75) is 6.61 Å². The molecular formula is C19H19N3O3. The third-order valence-electron chi connectivity index (χ3n) is 3.80. The van der Waals surface area contributed by atoms with Crippen LogP contribution in [0.4, 0.5) is 5.69 Å². The molecule has 3 rings (SSSR count). The van der Waals surface area contributed by atoms with Gasteiger partial charge in [-0.05, 0) is 29.8 Å². The highest BCUT2D eigenvalue weighted by molar-refractivity contribution is 6.08. The maximum absolute atomic E-state index is 12.8. The van der Waals surface area contributed by atoms with Crippen LogP contribution in [0.25, 0.3) is 11.3 Å². The number of hydrogen-bond acceptors (Lipinski definition) is 4. The van der Waals surface area contributed by atoms with Crippen LogP contribution in [0.2, 0.25) is 0 Å². The average Bonchev–Trinajstić information content (AvgIpc) is 3.03. The van der Waals surface area contributed by atoms with Crippen LogP contribution in [0.15, 0.2) is 54.7 Å². The largest absolute Gasteiger partial charge is 0.496 e. The zero-order chi connectivity index (χ0) is 17.8. The first kappa shape index (κ1) is 16.7. The minimum absolute atomic E-state index is 0.0803. The number of nitrogens with zero attached hydrogens (tertiary/aromatic N) is 2. The van der Waals surface area contributed by atoms with E-state index >= 15 is 0 Å². The Morgan fingerprint density at radius 2 is 2.04 bits per heavy atom. The van der Waals surface area contributed by atoms with Gasteiger partial charge in [-0.3, -0.25) is 9.48 Å². The number of carbonyl (C=O) groups is 1. The maximum atomic E-state index is 12.8. The number of ether oxygens (including phenoxy) is 1. The second kappa shape index (κ2) is 7.19. The molecule has 0 aliphatic heterocycles. The molecule has 0 radical (unpaired) electrons. The second-order valence-corrected chi connectivity index (χ2v) is 5.58. The molecule has 1 heterocycles. The number of hydrogen-bond donors (Lipinski definition) is 2. The summed E-state index contributed by atoms with van der Waals surface area (Å²) in [5.74, 6) is 0.377. The molecule has 128 valence electrons. The Hall–Kier alpha value is -3.12. The second-order valence-electron chi connectivity index (χ2n) is 5.58. The van der Waals surface area contributed by atoms with Gasteiger partial charge in [-0.25, -0.2) is 0 Å². The van der Waals surface area contributed by atoms with E-state index in [1.54, 1.807) is 49.3 Å². The lowest BCUT2D eigenvalue weighted by Crippen LogP contribution is -2.12. The molecule has 25 heavy (non-hydrogen) atoms. The van der Waals surface area contributed by atoms with Crippen molar-refractivity contribution >= 4 is 11.6 Å². The van der Waals surface area contributed by atoms with E-state index in [0.29, 0.717) is 22.7 Å². The van der Waals surface area contributed by atoms with E-state index in [2.05, 4.69) is 10.4 Å². The predicted octanol–water partition coefficient (Wildman–Crippen LogP) is 2.84. The van der Waals surface area contributed by atoms with Crippen LogP contribution < -0.4 is 10.1 Å². The van der Waals surface area contributed by atoms with Crippen molar-refractivity contribution in [1.29, 1.82) is 0 Å². The first-order chi connectivity index (χ1) is 12.1. The summed E-state index contributed by atoms with van der Waals surface area (Å²) < 4.78 is 6.98. The van der Waals surface area contributed by atoms with E-state index in [1.165, 1.54) is 0 Å². The van der Waals surface area contributed by atoms with E-state index in [1.807, 2.05) is 24.3 Å². The summed E-state index contributed by atoms with van der Waals surface area (Å²) in [6, 6.07) is 14.5. The summed E-state index contributed by atoms with van der Waals surface area (Å²) in [5.41, 5.74) is 3.09. The van der Waals surface area contributed by atoms with E-state index in [9.17, 15) is 9.90 Å². The fourth-order valence-electron chi connectivity index (χ4n) is 2.64. The zero-order valence-corrected chi connectivity index (χ0v) is 14.1. The smallest absolute Gasteiger partial charge is 0.259 e. The highest BCUT2D eigenvalue weighted by Gasteiger charge is 2.20. The Morgan fingerprint density at radius 3 is 2.80 bits per heavy atom. The quantitative estimate of drug-likeness (QED) is 0.750. The number of anilines is 1. The Balaban J connectivity index is 1.96. The molecule has 0 unspecified atom stereocenters. The van der Waals surface area contributed by atoms with Gasteiger partial charge in [0.2, 0.25) is 0 Å². The van der Waals surface area contributed by atoms with Gasteiger partial charge < -0.3 is 15.2 Å². The van der Waals surface area contributed by atoms with Crippen LogP contribution in [-0.4, -0.2) is 27.9 Å². The molecule has 2 aromatic carbocycles. The predicted molar refractivity (Wildman–Crippen MR) is 95.5 cm³/mol. The number of nitrogens with one attached hydrogen (secondary N) is 1. The van der Waals surface area contributed by atoms with Gasteiger partial charge in [-0.2, -0.15) is 5.10 Å². The zero-order valence-electron chi connectivity index (χ0n) is 14.1. The number of aryl methyl sites for hydroxylation is 1. The molecule has 0 atom stereocenters. The summed E-state index contributed by atoms with van der Waals surface area (Å²) >= 11 is 0. The third-order valence-corrected chi connectivity index (χ3v) is 3.80.